The maximum absolute atomic E-state index is 12.9. The molecule has 0 saturated carbocycles. The molecule has 0 saturated heterocycles. The molecule has 1 atom stereocenters. The molecule has 2 aromatic heterocycles. The number of hydrogen-bond donors (Lipinski definition) is 2. The van der Waals surface area contributed by atoms with Crippen molar-refractivity contribution < 1.29 is 4.79 Å². The highest BCUT2D eigenvalue weighted by molar-refractivity contribution is 5.88. The fraction of sp³-hybridized carbons (Fsp3) is 0.250. The average Bonchev–Trinajstić information content (AvgIpc) is 3.05. The molecule has 0 aliphatic heterocycles. The summed E-state index contributed by atoms with van der Waals surface area (Å²) in [6, 6.07) is 9.74. The molecule has 2 N–H and O–H groups in total. The Balaban J connectivity index is 1.53. The van der Waals surface area contributed by atoms with Crippen molar-refractivity contribution in [1.29, 1.82) is 0 Å². The predicted molar refractivity (Wildman–Crippen MR) is 101 cm³/mol. The molecule has 1 aliphatic rings. The zero-order valence-electron chi connectivity index (χ0n) is 15.0. The number of anilines is 2. The average molecular weight is 360 g/mol. The molecule has 27 heavy (non-hydrogen) atoms. The van der Waals surface area contributed by atoms with Crippen LogP contribution < -0.4 is 10.6 Å². The van der Waals surface area contributed by atoms with Crippen molar-refractivity contribution >= 4 is 17.5 Å². The summed E-state index contributed by atoms with van der Waals surface area (Å²) in [5.74, 6) is 0.436. The molecule has 0 bridgehead atoms. The Kier molecular flexibility index (Phi) is 4.50. The highest BCUT2D eigenvalue weighted by Crippen LogP contribution is 2.38. The Hall–Kier alpha value is -3.35. The molecule has 7 heteroatoms. The minimum Gasteiger partial charge on any atom is -0.350 e. The first-order valence-electron chi connectivity index (χ1n) is 8.87. The number of amides is 1. The van der Waals surface area contributed by atoms with Crippen molar-refractivity contribution in [3.8, 4) is 0 Å². The van der Waals surface area contributed by atoms with Crippen molar-refractivity contribution in [3.63, 3.8) is 0 Å². The van der Waals surface area contributed by atoms with Gasteiger partial charge in [0.25, 0.3) is 0 Å². The maximum Gasteiger partial charge on any atom is 0.232 e. The van der Waals surface area contributed by atoms with Gasteiger partial charge in [-0.25, -0.2) is 9.97 Å². The number of benzene rings is 1. The van der Waals surface area contributed by atoms with Crippen LogP contribution in [0.1, 0.15) is 30.3 Å². The van der Waals surface area contributed by atoms with Gasteiger partial charge in [-0.15, -0.1) is 0 Å². The van der Waals surface area contributed by atoms with Gasteiger partial charge in [-0.3, -0.25) is 14.8 Å². The van der Waals surface area contributed by atoms with E-state index in [4.69, 9.17) is 0 Å². The standard InChI is InChI=1S/C20H20N6O/c1-20(18(27)23-13-16-12-21-9-10-22-16)8-7-14-11-24-19(26-17(14)20)25-15-5-3-2-4-6-15/h2-6,9-12H,7-8,13H2,1H3,(H,23,27)(H,24,25,26). The van der Waals surface area contributed by atoms with Gasteiger partial charge in [-0.05, 0) is 37.5 Å². The van der Waals surface area contributed by atoms with Crippen LogP contribution >= 0.6 is 0 Å². The first-order chi connectivity index (χ1) is 13.1. The summed E-state index contributed by atoms with van der Waals surface area (Å²) in [7, 11) is 0. The number of fused-ring (bicyclic) bond motifs is 1. The number of carbonyl (C=O) groups excluding carboxylic acids is 1. The highest BCUT2D eigenvalue weighted by atomic mass is 16.2. The minimum atomic E-state index is -0.687. The van der Waals surface area contributed by atoms with Gasteiger partial charge in [0.2, 0.25) is 11.9 Å². The van der Waals surface area contributed by atoms with Crippen LogP contribution in [-0.2, 0) is 23.2 Å². The van der Waals surface area contributed by atoms with Crippen LogP contribution in [0.3, 0.4) is 0 Å². The van der Waals surface area contributed by atoms with Crippen molar-refractivity contribution in [1.82, 2.24) is 25.3 Å². The number of aromatic nitrogens is 4. The molecule has 0 radical (unpaired) electrons. The third-order valence-electron chi connectivity index (χ3n) is 4.86. The Morgan fingerprint density at radius 3 is 2.78 bits per heavy atom. The van der Waals surface area contributed by atoms with E-state index in [0.29, 0.717) is 18.9 Å². The summed E-state index contributed by atoms with van der Waals surface area (Å²) in [4.78, 5) is 30.2. The summed E-state index contributed by atoms with van der Waals surface area (Å²) >= 11 is 0. The number of nitrogens with zero attached hydrogens (tertiary/aromatic N) is 4. The van der Waals surface area contributed by atoms with Crippen LogP contribution in [0.2, 0.25) is 0 Å². The van der Waals surface area contributed by atoms with Gasteiger partial charge < -0.3 is 10.6 Å². The van der Waals surface area contributed by atoms with Gasteiger partial charge in [-0.1, -0.05) is 18.2 Å². The third-order valence-corrected chi connectivity index (χ3v) is 4.86. The zero-order chi connectivity index (χ0) is 18.7. The van der Waals surface area contributed by atoms with Crippen molar-refractivity contribution in [2.24, 2.45) is 0 Å². The van der Waals surface area contributed by atoms with Crippen molar-refractivity contribution in [2.45, 2.75) is 31.7 Å². The molecular weight excluding hydrogens is 340 g/mol. The largest absolute Gasteiger partial charge is 0.350 e. The fourth-order valence-corrected chi connectivity index (χ4v) is 3.29. The first kappa shape index (κ1) is 17.1. The molecule has 0 fully saturated rings. The number of para-hydroxylation sites is 1. The smallest absolute Gasteiger partial charge is 0.232 e. The monoisotopic (exact) mass is 360 g/mol. The molecule has 7 nitrogen and oxygen atoms in total. The second-order valence-electron chi connectivity index (χ2n) is 6.77. The van der Waals surface area contributed by atoms with E-state index in [9.17, 15) is 4.79 Å². The maximum atomic E-state index is 12.9. The molecule has 1 unspecified atom stereocenters. The van der Waals surface area contributed by atoms with Crippen LogP contribution in [0, 0.1) is 0 Å². The SMILES string of the molecule is CC1(C(=O)NCc2cnccn2)CCc2cnc(Nc3ccccc3)nc21. The van der Waals surface area contributed by atoms with Crippen LogP contribution in [0.15, 0.2) is 55.1 Å². The summed E-state index contributed by atoms with van der Waals surface area (Å²) in [5.41, 5.74) is 2.75. The molecule has 1 amide bonds. The van der Waals surface area contributed by atoms with Gasteiger partial charge >= 0.3 is 0 Å². The van der Waals surface area contributed by atoms with E-state index in [1.54, 1.807) is 18.6 Å². The molecule has 1 aliphatic carbocycles. The minimum absolute atomic E-state index is 0.0590. The number of hydrogen-bond acceptors (Lipinski definition) is 6. The van der Waals surface area contributed by atoms with E-state index >= 15 is 0 Å². The Morgan fingerprint density at radius 1 is 1.15 bits per heavy atom. The lowest BCUT2D eigenvalue weighted by molar-refractivity contribution is -0.126. The van der Waals surface area contributed by atoms with Gasteiger partial charge in [-0.2, -0.15) is 0 Å². The second-order valence-corrected chi connectivity index (χ2v) is 6.77. The van der Waals surface area contributed by atoms with E-state index in [1.807, 2.05) is 43.5 Å². The topological polar surface area (TPSA) is 92.7 Å². The molecule has 136 valence electrons. The van der Waals surface area contributed by atoms with E-state index in [1.165, 1.54) is 0 Å². The number of rotatable bonds is 5. The van der Waals surface area contributed by atoms with Gasteiger partial charge in [0.15, 0.2) is 0 Å². The third kappa shape index (κ3) is 3.48. The van der Waals surface area contributed by atoms with Crippen LogP contribution in [0.4, 0.5) is 11.6 Å². The lowest BCUT2D eigenvalue weighted by atomic mass is 9.86. The number of nitrogens with one attached hydrogen (secondary N) is 2. The van der Waals surface area contributed by atoms with E-state index in [0.717, 1.165) is 29.1 Å². The zero-order valence-corrected chi connectivity index (χ0v) is 15.0. The van der Waals surface area contributed by atoms with Crippen LogP contribution in [0.25, 0.3) is 0 Å². The van der Waals surface area contributed by atoms with Crippen LogP contribution in [0.5, 0.6) is 0 Å². The number of carbonyl (C=O) groups is 1. The van der Waals surface area contributed by atoms with Crippen LogP contribution in [-0.4, -0.2) is 25.8 Å². The Morgan fingerprint density at radius 2 is 2.00 bits per heavy atom. The van der Waals surface area contributed by atoms with Gasteiger partial charge in [0.1, 0.15) is 0 Å². The first-order valence-corrected chi connectivity index (χ1v) is 8.87. The molecule has 4 rings (SSSR count). The van der Waals surface area contributed by atoms with Gasteiger partial charge in [0, 0.05) is 24.3 Å². The number of aryl methyl sites for hydroxylation is 1. The Bertz CT molecular complexity index is 947. The summed E-state index contributed by atoms with van der Waals surface area (Å²) in [6.07, 6.45) is 8.18. The molecule has 1 aromatic carbocycles. The molecule has 3 aromatic rings. The summed E-state index contributed by atoms with van der Waals surface area (Å²) in [6.45, 7) is 2.28. The van der Waals surface area contributed by atoms with Gasteiger partial charge in [0.05, 0.1) is 29.5 Å². The van der Waals surface area contributed by atoms with E-state index in [-0.39, 0.29) is 5.91 Å². The lowest BCUT2D eigenvalue weighted by Gasteiger charge is -2.23. The molecule has 0 spiro atoms. The molecule has 2 heterocycles. The Labute approximate surface area is 157 Å². The normalized spacial score (nSPS) is 18.0. The molecular formula is C20H20N6O. The predicted octanol–water partition coefficient (Wildman–Crippen LogP) is 2.53. The quantitative estimate of drug-likeness (QED) is 0.726. The highest BCUT2D eigenvalue weighted by Gasteiger charge is 2.43. The summed E-state index contributed by atoms with van der Waals surface area (Å²) in [5, 5.41) is 6.17. The van der Waals surface area contributed by atoms with E-state index in [2.05, 4.69) is 30.6 Å². The lowest BCUT2D eigenvalue weighted by Crippen LogP contribution is -2.41. The fourth-order valence-electron chi connectivity index (χ4n) is 3.29. The van der Waals surface area contributed by atoms with Crippen molar-refractivity contribution in [3.05, 3.63) is 72.1 Å². The van der Waals surface area contributed by atoms with E-state index < -0.39 is 5.41 Å². The second kappa shape index (κ2) is 7.11. The summed E-state index contributed by atoms with van der Waals surface area (Å²) < 4.78 is 0. The van der Waals surface area contributed by atoms with Crippen molar-refractivity contribution in [2.75, 3.05) is 5.32 Å².